The van der Waals surface area contributed by atoms with Gasteiger partial charge in [-0.25, -0.2) is 0 Å². The Hall–Kier alpha value is -1.16. The lowest BCUT2D eigenvalue weighted by atomic mass is 9.33. The molecule has 1 aromatic carbocycles. The molecule has 17 heavy (non-hydrogen) atoms. The van der Waals surface area contributed by atoms with Crippen LogP contribution < -0.4 is 14.9 Å². The molecule has 3 rings (SSSR count). The lowest BCUT2D eigenvalue weighted by molar-refractivity contribution is -0.00941. The van der Waals surface area contributed by atoms with E-state index in [2.05, 4.69) is 33.8 Å². The molecule has 0 aromatic heterocycles. The first-order valence-electron chi connectivity index (χ1n) is 5.99. The van der Waals surface area contributed by atoms with Crippen LogP contribution in [0.4, 0.5) is 0 Å². The van der Waals surface area contributed by atoms with Gasteiger partial charge in [0.05, 0.1) is 0 Å². The van der Waals surface area contributed by atoms with Crippen LogP contribution in [0.1, 0.15) is 27.7 Å². The Morgan fingerprint density at radius 2 is 1.76 bits per heavy atom. The highest BCUT2D eigenvalue weighted by atomic mass is 16.7. The van der Waals surface area contributed by atoms with Gasteiger partial charge in [0.25, 0.3) is 0 Å². The first-order valence-corrected chi connectivity index (χ1v) is 5.99. The molecular formula is C13H17BO3. The van der Waals surface area contributed by atoms with E-state index in [9.17, 15) is 0 Å². The fourth-order valence-electron chi connectivity index (χ4n) is 2.41. The Balaban J connectivity index is 1.92. The first-order chi connectivity index (χ1) is 7.92. The standard InChI is InChI=1S/C13H17BO3/c1-12(2)13(3,4)17-14(12)9-5-6-10-11(7-9)16-8-15-10/h5-7H,8H2,1-4H3. The van der Waals surface area contributed by atoms with Crippen molar-refractivity contribution >= 4 is 12.4 Å². The maximum Gasteiger partial charge on any atom is 0.335 e. The minimum atomic E-state index is -0.0754. The summed E-state index contributed by atoms with van der Waals surface area (Å²) in [6.45, 7) is 9.20. The van der Waals surface area contributed by atoms with Crippen molar-refractivity contribution in [3.05, 3.63) is 18.2 Å². The van der Waals surface area contributed by atoms with E-state index in [4.69, 9.17) is 14.1 Å². The molecule has 0 saturated carbocycles. The summed E-state index contributed by atoms with van der Waals surface area (Å²) in [6.07, 6.45) is 0. The van der Waals surface area contributed by atoms with Gasteiger partial charge in [0, 0.05) is 10.9 Å². The van der Waals surface area contributed by atoms with E-state index >= 15 is 0 Å². The predicted octanol–water partition coefficient (Wildman–Crippen LogP) is 2.20. The molecule has 2 heterocycles. The number of rotatable bonds is 1. The summed E-state index contributed by atoms with van der Waals surface area (Å²) in [7, 11) is 0. The summed E-state index contributed by atoms with van der Waals surface area (Å²) in [6, 6.07) is 6.06. The van der Waals surface area contributed by atoms with E-state index in [1.807, 2.05) is 12.1 Å². The van der Waals surface area contributed by atoms with Crippen LogP contribution in [0, 0.1) is 0 Å². The van der Waals surface area contributed by atoms with E-state index in [0.29, 0.717) is 6.79 Å². The highest BCUT2D eigenvalue weighted by Crippen LogP contribution is 2.53. The smallest absolute Gasteiger partial charge is 0.335 e. The van der Waals surface area contributed by atoms with Gasteiger partial charge in [-0.15, -0.1) is 0 Å². The molecule has 2 aliphatic heterocycles. The van der Waals surface area contributed by atoms with Crippen molar-refractivity contribution in [2.75, 3.05) is 6.79 Å². The second-order valence-electron chi connectivity index (χ2n) is 5.84. The van der Waals surface area contributed by atoms with Crippen molar-refractivity contribution in [2.45, 2.75) is 38.6 Å². The Morgan fingerprint density at radius 1 is 1.06 bits per heavy atom. The van der Waals surface area contributed by atoms with E-state index in [-0.39, 0.29) is 17.8 Å². The Bertz CT molecular complexity index is 468. The van der Waals surface area contributed by atoms with Crippen LogP contribution in [0.15, 0.2) is 18.2 Å². The minimum Gasteiger partial charge on any atom is -0.454 e. The van der Waals surface area contributed by atoms with E-state index in [0.717, 1.165) is 11.5 Å². The topological polar surface area (TPSA) is 27.7 Å². The zero-order chi connectivity index (χ0) is 12.3. The van der Waals surface area contributed by atoms with Gasteiger partial charge >= 0.3 is 6.92 Å². The molecule has 2 aliphatic rings. The largest absolute Gasteiger partial charge is 0.454 e. The molecule has 0 amide bonds. The number of ether oxygens (including phenoxy) is 2. The van der Waals surface area contributed by atoms with Gasteiger partial charge in [-0.2, -0.15) is 0 Å². The highest BCUT2D eigenvalue weighted by molar-refractivity contribution is 6.73. The molecule has 1 saturated heterocycles. The monoisotopic (exact) mass is 232 g/mol. The van der Waals surface area contributed by atoms with Gasteiger partial charge in [0.1, 0.15) is 0 Å². The van der Waals surface area contributed by atoms with Crippen molar-refractivity contribution in [3.8, 4) is 11.5 Å². The van der Waals surface area contributed by atoms with Gasteiger partial charge in [-0.1, -0.05) is 19.9 Å². The number of fused-ring (bicyclic) bond motifs is 1. The maximum absolute atomic E-state index is 5.99. The summed E-state index contributed by atoms with van der Waals surface area (Å²) < 4.78 is 16.7. The summed E-state index contributed by atoms with van der Waals surface area (Å²) >= 11 is 0. The second kappa shape index (κ2) is 3.19. The van der Waals surface area contributed by atoms with Crippen LogP contribution >= 0.6 is 0 Å². The van der Waals surface area contributed by atoms with Crippen molar-refractivity contribution in [3.63, 3.8) is 0 Å². The van der Waals surface area contributed by atoms with Crippen LogP contribution in [0.3, 0.4) is 0 Å². The van der Waals surface area contributed by atoms with Crippen LogP contribution in [-0.4, -0.2) is 19.3 Å². The van der Waals surface area contributed by atoms with Gasteiger partial charge < -0.3 is 14.1 Å². The van der Waals surface area contributed by atoms with Crippen molar-refractivity contribution in [2.24, 2.45) is 0 Å². The third-order valence-electron chi connectivity index (χ3n) is 4.32. The quantitative estimate of drug-likeness (QED) is 0.694. The molecule has 90 valence electrons. The number of hydrogen-bond donors (Lipinski definition) is 0. The van der Waals surface area contributed by atoms with E-state index < -0.39 is 0 Å². The lowest BCUT2D eigenvalue weighted by Gasteiger charge is -2.57. The third kappa shape index (κ3) is 1.40. The molecule has 0 N–H and O–H groups in total. The first kappa shape index (κ1) is 11.0. The molecule has 0 unspecified atom stereocenters. The number of benzene rings is 1. The second-order valence-corrected chi connectivity index (χ2v) is 5.84. The normalized spacial score (nSPS) is 23.4. The van der Waals surface area contributed by atoms with E-state index in [1.54, 1.807) is 0 Å². The van der Waals surface area contributed by atoms with Gasteiger partial charge in [0.15, 0.2) is 11.5 Å². The molecule has 3 nitrogen and oxygen atoms in total. The predicted molar refractivity (Wildman–Crippen MR) is 67.2 cm³/mol. The fourth-order valence-corrected chi connectivity index (χ4v) is 2.41. The molecule has 0 atom stereocenters. The minimum absolute atomic E-state index is 0.0754. The van der Waals surface area contributed by atoms with Gasteiger partial charge in [0.2, 0.25) is 6.79 Å². The van der Waals surface area contributed by atoms with Crippen LogP contribution in [0.2, 0.25) is 5.31 Å². The zero-order valence-electron chi connectivity index (χ0n) is 10.7. The molecular weight excluding hydrogens is 215 g/mol. The lowest BCUT2D eigenvalue weighted by Crippen LogP contribution is -2.66. The molecule has 1 fully saturated rings. The molecule has 4 heteroatoms. The van der Waals surface area contributed by atoms with Crippen LogP contribution in [-0.2, 0) is 4.65 Å². The average molecular weight is 232 g/mol. The third-order valence-corrected chi connectivity index (χ3v) is 4.32. The van der Waals surface area contributed by atoms with Crippen molar-refractivity contribution in [1.29, 1.82) is 0 Å². The van der Waals surface area contributed by atoms with Crippen molar-refractivity contribution in [1.82, 2.24) is 0 Å². The summed E-state index contributed by atoms with van der Waals surface area (Å²) in [4.78, 5) is 0. The summed E-state index contributed by atoms with van der Waals surface area (Å²) in [5.41, 5.74) is 1.09. The zero-order valence-corrected chi connectivity index (χ0v) is 10.7. The SMILES string of the molecule is CC1(C)OB(c2ccc3c(c2)OCO3)C1(C)C. The summed E-state index contributed by atoms with van der Waals surface area (Å²) in [5, 5.41) is 0.126. The fraction of sp³-hybridized carbons (Fsp3) is 0.538. The van der Waals surface area contributed by atoms with Gasteiger partial charge in [-0.05, 0) is 31.4 Å². The molecule has 1 aromatic rings. The molecule has 0 aliphatic carbocycles. The molecule has 0 radical (unpaired) electrons. The number of hydrogen-bond acceptors (Lipinski definition) is 3. The van der Waals surface area contributed by atoms with Crippen LogP contribution in [0.5, 0.6) is 11.5 Å². The summed E-state index contributed by atoms with van der Waals surface area (Å²) in [5.74, 6) is 1.65. The Kier molecular flexibility index (Phi) is 2.06. The molecule has 0 bridgehead atoms. The maximum atomic E-state index is 5.99. The van der Waals surface area contributed by atoms with Crippen molar-refractivity contribution < 1.29 is 14.1 Å². The van der Waals surface area contributed by atoms with E-state index in [1.165, 1.54) is 5.46 Å². The van der Waals surface area contributed by atoms with Gasteiger partial charge in [-0.3, -0.25) is 0 Å². The molecule has 0 spiro atoms. The highest BCUT2D eigenvalue weighted by Gasteiger charge is 2.59. The Labute approximate surface area is 102 Å². The van der Waals surface area contributed by atoms with Crippen LogP contribution in [0.25, 0.3) is 0 Å². The Morgan fingerprint density at radius 3 is 2.41 bits per heavy atom. The average Bonchev–Trinajstić information content (AvgIpc) is 2.72.